The van der Waals surface area contributed by atoms with Crippen LogP contribution in [-0.4, -0.2) is 6.21 Å². The first-order chi connectivity index (χ1) is 7.92. The van der Waals surface area contributed by atoms with E-state index in [9.17, 15) is 0 Å². The van der Waals surface area contributed by atoms with E-state index >= 15 is 0 Å². The summed E-state index contributed by atoms with van der Waals surface area (Å²) >= 11 is 0. The quantitative estimate of drug-likeness (QED) is 0.704. The topological polar surface area (TPSA) is 12.4 Å². The Morgan fingerprint density at radius 2 is 1.88 bits per heavy atom. The number of hydrogen-bond acceptors (Lipinski definition) is 1. The highest BCUT2D eigenvalue weighted by molar-refractivity contribution is 5.80. The number of nitrogens with zero attached hydrogens (tertiary/aromatic N) is 1. The van der Waals surface area contributed by atoms with Crippen LogP contribution >= 0.6 is 0 Å². The zero-order chi connectivity index (χ0) is 10.8. The fraction of sp³-hybridized carbons (Fsp3) is 0.133. The van der Waals surface area contributed by atoms with Gasteiger partial charge < -0.3 is 0 Å². The van der Waals surface area contributed by atoms with Crippen molar-refractivity contribution in [1.82, 2.24) is 0 Å². The van der Waals surface area contributed by atoms with Crippen LogP contribution in [0.3, 0.4) is 0 Å². The van der Waals surface area contributed by atoms with E-state index in [1.807, 2.05) is 6.21 Å². The Kier molecular flexibility index (Phi) is 2.30. The molecule has 0 fully saturated rings. The fourth-order valence-corrected chi connectivity index (χ4v) is 2.16. The van der Waals surface area contributed by atoms with Crippen LogP contribution in [0.1, 0.15) is 12.0 Å². The van der Waals surface area contributed by atoms with Crippen molar-refractivity contribution in [1.29, 1.82) is 0 Å². The molecule has 0 spiro atoms. The lowest BCUT2D eigenvalue weighted by atomic mass is 9.93. The lowest BCUT2D eigenvalue weighted by molar-refractivity contribution is 1.01. The summed E-state index contributed by atoms with van der Waals surface area (Å²) in [6.07, 6.45) is 10.4. The molecule has 1 heterocycles. The highest BCUT2D eigenvalue weighted by Crippen LogP contribution is 2.29. The number of benzene rings is 1. The van der Waals surface area contributed by atoms with Crippen LogP contribution in [0.2, 0.25) is 0 Å². The summed E-state index contributed by atoms with van der Waals surface area (Å²) in [5.41, 5.74) is 5.34. The number of allylic oxidation sites excluding steroid dienone is 5. The summed E-state index contributed by atoms with van der Waals surface area (Å²) in [4.78, 5) is 4.30. The van der Waals surface area contributed by atoms with E-state index in [0.29, 0.717) is 0 Å². The zero-order valence-corrected chi connectivity index (χ0v) is 9.06. The molecule has 1 heteroatoms. The highest BCUT2D eigenvalue weighted by atomic mass is 14.8. The van der Waals surface area contributed by atoms with E-state index in [0.717, 1.165) is 18.5 Å². The van der Waals surface area contributed by atoms with Crippen molar-refractivity contribution in [2.24, 2.45) is 4.99 Å². The van der Waals surface area contributed by atoms with Crippen LogP contribution < -0.4 is 0 Å². The van der Waals surface area contributed by atoms with Crippen molar-refractivity contribution < 1.29 is 0 Å². The van der Waals surface area contributed by atoms with Gasteiger partial charge in [0.15, 0.2) is 0 Å². The Morgan fingerprint density at radius 3 is 2.75 bits per heavy atom. The molecule has 0 atom stereocenters. The van der Waals surface area contributed by atoms with Gasteiger partial charge in [0, 0.05) is 6.21 Å². The van der Waals surface area contributed by atoms with Crippen molar-refractivity contribution in [2.75, 3.05) is 0 Å². The highest BCUT2D eigenvalue weighted by Gasteiger charge is 2.13. The molecule has 78 valence electrons. The third kappa shape index (κ3) is 1.76. The summed E-state index contributed by atoms with van der Waals surface area (Å²) in [5.74, 6) is 0. The maximum atomic E-state index is 4.30. The third-order valence-corrected chi connectivity index (χ3v) is 2.99. The Hall–Kier alpha value is -1.89. The Balaban J connectivity index is 1.79. The second-order valence-electron chi connectivity index (χ2n) is 4.19. The summed E-state index contributed by atoms with van der Waals surface area (Å²) in [6.45, 7) is 0. The molecule has 0 bridgehead atoms. The van der Waals surface area contributed by atoms with Gasteiger partial charge in [-0.3, -0.25) is 4.99 Å². The molecule has 3 rings (SSSR count). The molecule has 1 nitrogen and oxygen atoms in total. The molecule has 1 aliphatic carbocycles. The van der Waals surface area contributed by atoms with Gasteiger partial charge in [-0.25, -0.2) is 0 Å². The molecule has 0 aromatic heterocycles. The number of rotatable bonds is 2. The number of aliphatic imine (C=N–C) groups is 1. The first-order valence-corrected chi connectivity index (χ1v) is 5.59. The van der Waals surface area contributed by atoms with Crippen molar-refractivity contribution in [3.63, 3.8) is 0 Å². The van der Waals surface area contributed by atoms with Crippen LogP contribution in [0.25, 0.3) is 0 Å². The third-order valence-electron chi connectivity index (χ3n) is 2.99. The number of fused-ring (bicyclic) bond motifs is 1. The second kappa shape index (κ2) is 3.93. The van der Waals surface area contributed by atoms with Crippen LogP contribution in [0.15, 0.2) is 70.4 Å². The Bertz CT molecular complexity index is 516. The molecule has 0 N–H and O–H groups in total. The van der Waals surface area contributed by atoms with Gasteiger partial charge >= 0.3 is 0 Å². The Morgan fingerprint density at radius 1 is 1.00 bits per heavy atom. The molecule has 0 unspecified atom stereocenters. The average molecular weight is 207 g/mol. The minimum Gasteiger partial charge on any atom is -0.257 e. The molecule has 16 heavy (non-hydrogen) atoms. The van der Waals surface area contributed by atoms with Gasteiger partial charge in [0.05, 0.1) is 5.70 Å². The number of hydrogen-bond donors (Lipinski definition) is 0. The van der Waals surface area contributed by atoms with Crippen LogP contribution in [0.5, 0.6) is 0 Å². The standard InChI is InChI=1S/C15H13N/c1-2-4-12(5-3-1)10-13-6-7-15-14(11-13)8-9-16-15/h1-9H,10-11H2. The molecular formula is C15H13N. The normalized spacial score (nSPS) is 17.6. The molecule has 0 saturated carbocycles. The molecule has 1 aromatic rings. The smallest absolute Gasteiger partial charge is 0.0665 e. The van der Waals surface area contributed by atoms with Crippen molar-refractivity contribution >= 4 is 6.21 Å². The van der Waals surface area contributed by atoms with Crippen LogP contribution in [0.4, 0.5) is 0 Å². The fourth-order valence-electron chi connectivity index (χ4n) is 2.16. The zero-order valence-electron chi connectivity index (χ0n) is 9.06. The van der Waals surface area contributed by atoms with Crippen molar-refractivity contribution in [2.45, 2.75) is 12.8 Å². The van der Waals surface area contributed by atoms with Gasteiger partial charge in [-0.15, -0.1) is 0 Å². The van der Waals surface area contributed by atoms with E-state index < -0.39 is 0 Å². The predicted molar refractivity (Wildman–Crippen MR) is 67.5 cm³/mol. The minimum atomic E-state index is 1.04. The van der Waals surface area contributed by atoms with Gasteiger partial charge in [0.25, 0.3) is 0 Å². The summed E-state index contributed by atoms with van der Waals surface area (Å²) in [6, 6.07) is 10.6. The minimum absolute atomic E-state index is 1.04. The van der Waals surface area contributed by atoms with Gasteiger partial charge in [-0.05, 0) is 36.1 Å². The van der Waals surface area contributed by atoms with Crippen molar-refractivity contribution in [3.05, 3.63) is 71.0 Å². The molecule has 1 aliphatic heterocycles. The molecule has 0 amide bonds. The van der Waals surface area contributed by atoms with E-state index in [1.54, 1.807) is 0 Å². The largest absolute Gasteiger partial charge is 0.257 e. The van der Waals surface area contributed by atoms with Gasteiger partial charge in [0.1, 0.15) is 0 Å². The summed E-state index contributed by atoms with van der Waals surface area (Å²) < 4.78 is 0. The molecule has 0 saturated heterocycles. The lowest BCUT2D eigenvalue weighted by Crippen LogP contribution is -1.97. The first-order valence-electron chi connectivity index (χ1n) is 5.59. The average Bonchev–Trinajstić information content (AvgIpc) is 2.77. The SMILES string of the molecule is C1=NC2=CC=C(Cc3ccccc3)CC2=C1. The lowest BCUT2D eigenvalue weighted by Gasteiger charge is -2.13. The predicted octanol–water partition coefficient (Wildman–Crippen LogP) is 3.45. The molecule has 2 aliphatic rings. The molecule has 1 aromatic carbocycles. The van der Waals surface area contributed by atoms with Crippen LogP contribution in [0, 0.1) is 0 Å². The first kappa shape index (κ1) is 9.34. The van der Waals surface area contributed by atoms with Gasteiger partial charge in [-0.2, -0.15) is 0 Å². The van der Waals surface area contributed by atoms with Crippen LogP contribution in [-0.2, 0) is 6.42 Å². The van der Waals surface area contributed by atoms with E-state index in [-0.39, 0.29) is 0 Å². The summed E-state index contributed by atoms with van der Waals surface area (Å²) in [5, 5.41) is 0. The van der Waals surface area contributed by atoms with E-state index in [2.05, 4.69) is 53.6 Å². The maximum Gasteiger partial charge on any atom is 0.0665 e. The summed E-state index contributed by atoms with van der Waals surface area (Å²) in [7, 11) is 0. The molecular weight excluding hydrogens is 194 g/mol. The maximum absolute atomic E-state index is 4.30. The second-order valence-corrected chi connectivity index (χ2v) is 4.19. The van der Waals surface area contributed by atoms with Crippen molar-refractivity contribution in [3.8, 4) is 0 Å². The van der Waals surface area contributed by atoms with Gasteiger partial charge in [0.2, 0.25) is 0 Å². The van der Waals surface area contributed by atoms with Gasteiger partial charge in [-0.1, -0.05) is 42.0 Å². The molecule has 0 radical (unpaired) electrons. The van der Waals surface area contributed by atoms with E-state index in [1.165, 1.54) is 16.7 Å². The Labute approximate surface area is 95.5 Å². The van der Waals surface area contributed by atoms with E-state index in [4.69, 9.17) is 0 Å². The monoisotopic (exact) mass is 207 g/mol.